The van der Waals surface area contributed by atoms with Gasteiger partial charge in [-0.1, -0.05) is 17.7 Å². The Morgan fingerprint density at radius 3 is 2.84 bits per heavy atom. The monoisotopic (exact) mass is 279 g/mol. The lowest BCUT2D eigenvalue weighted by Crippen LogP contribution is -2.03. The van der Waals surface area contributed by atoms with Gasteiger partial charge in [-0.05, 0) is 30.7 Å². The normalized spacial score (nSPS) is 10.6. The summed E-state index contributed by atoms with van der Waals surface area (Å²) in [5.74, 6) is 0. The molecule has 0 aliphatic heterocycles. The largest absolute Gasteiger partial charge is 0.349 e. The molecule has 19 heavy (non-hydrogen) atoms. The van der Waals surface area contributed by atoms with Crippen LogP contribution in [0.15, 0.2) is 36.7 Å². The molecule has 2 rings (SSSR count). The van der Waals surface area contributed by atoms with Gasteiger partial charge in [-0.2, -0.15) is 0 Å². The topological polar surface area (TPSA) is 74.1 Å². The van der Waals surface area contributed by atoms with Gasteiger partial charge in [-0.15, -0.1) is 0 Å². The van der Waals surface area contributed by atoms with Crippen LogP contribution in [0.5, 0.6) is 0 Å². The summed E-state index contributed by atoms with van der Waals surface area (Å²) in [7, 11) is 0. The zero-order valence-electron chi connectivity index (χ0n) is 10.3. The zero-order chi connectivity index (χ0) is 13.8. The first-order chi connectivity index (χ1) is 9.11. The molecule has 0 unspecified atom stereocenters. The first-order valence-electron chi connectivity index (χ1n) is 5.88. The molecule has 0 saturated heterocycles. The van der Waals surface area contributed by atoms with Gasteiger partial charge in [0.1, 0.15) is 0 Å². The van der Waals surface area contributed by atoms with Crippen LogP contribution in [-0.4, -0.2) is 16.0 Å². The fourth-order valence-corrected chi connectivity index (χ4v) is 2.19. The fourth-order valence-electron chi connectivity index (χ4n) is 1.96. The van der Waals surface area contributed by atoms with Crippen LogP contribution >= 0.6 is 11.6 Å². The van der Waals surface area contributed by atoms with Gasteiger partial charge in [0.2, 0.25) is 0 Å². The minimum absolute atomic E-state index is 0.0431. The van der Waals surface area contributed by atoms with Crippen LogP contribution < -0.4 is 5.73 Å². The van der Waals surface area contributed by atoms with E-state index in [2.05, 4.69) is 0 Å². The summed E-state index contributed by atoms with van der Waals surface area (Å²) in [5, 5.41) is 11.4. The van der Waals surface area contributed by atoms with Crippen LogP contribution in [0.3, 0.4) is 0 Å². The van der Waals surface area contributed by atoms with Crippen LogP contribution in [0, 0.1) is 10.1 Å². The quantitative estimate of drug-likeness (QED) is 0.675. The number of halogens is 1. The second-order valence-corrected chi connectivity index (χ2v) is 4.63. The molecule has 5 nitrogen and oxygen atoms in total. The van der Waals surface area contributed by atoms with Gasteiger partial charge in [0.15, 0.2) is 0 Å². The summed E-state index contributed by atoms with van der Waals surface area (Å²) in [6.45, 7) is 0.955. The molecule has 0 spiro atoms. The molecule has 0 aliphatic rings. The minimum Gasteiger partial charge on any atom is -0.349 e. The lowest BCUT2D eigenvalue weighted by atomic mass is 10.2. The molecule has 0 amide bonds. The van der Waals surface area contributed by atoms with E-state index < -0.39 is 4.92 Å². The first kappa shape index (κ1) is 13.6. The maximum absolute atomic E-state index is 11.0. The molecule has 0 atom stereocenters. The zero-order valence-corrected chi connectivity index (χ0v) is 11.0. The van der Waals surface area contributed by atoms with Crippen LogP contribution in [0.1, 0.15) is 11.1 Å². The Labute approximate surface area is 115 Å². The lowest BCUT2D eigenvalue weighted by molar-refractivity contribution is -0.385. The van der Waals surface area contributed by atoms with E-state index in [0.29, 0.717) is 23.7 Å². The van der Waals surface area contributed by atoms with Crippen LogP contribution in [0.4, 0.5) is 5.69 Å². The van der Waals surface area contributed by atoms with Gasteiger partial charge in [0.25, 0.3) is 5.69 Å². The summed E-state index contributed by atoms with van der Waals surface area (Å²) in [6.07, 6.45) is 4.59. The molecule has 1 heterocycles. The molecule has 0 aliphatic carbocycles. The van der Waals surface area contributed by atoms with Crippen LogP contribution in [0.25, 0.3) is 0 Å². The third-order valence-corrected chi connectivity index (χ3v) is 3.23. The smallest absolute Gasteiger partial charge is 0.275 e. The molecule has 1 aromatic carbocycles. The van der Waals surface area contributed by atoms with Crippen molar-refractivity contribution in [3.05, 3.63) is 62.9 Å². The Balaban J connectivity index is 2.29. The van der Waals surface area contributed by atoms with Crippen molar-refractivity contribution < 1.29 is 4.92 Å². The van der Waals surface area contributed by atoms with Crippen molar-refractivity contribution >= 4 is 17.3 Å². The predicted octanol–water partition coefficient (Wildman–Crippen LogP) is 2.60. The predicted molar refractivity (Wildman–Crippen MR) is 74.4 cm³/mol. The standard InChI is InChI=1S/C13H14ClN3O2/c14-12-2-1-3-13(17(18)19)11(12)9-16-7-5-10(8-16)4-6-15/h1-3,5,7-8H,4,6,9,15H2. The molecular formula is C13H14ClN3O2. The molecule has 0 bridgehead atoms. The summed E-state index contributed by atoms with van der Waals surface area (Å²) >= 11 is 6.05. The highest BCUT2D eigenvalue weighted by Gasteiger charge is 2.16. The first-order valence-corrected chi connectivity index (χ1v) is 6.26. The van der Waals surface area contributed by atoms with E-state index >= 15 is 0 Å². The van der Waals surface area contributed by atoms with Gasteiger partial charge < -0.3 is 10.3 Å². The second-order valence-electron chi connectivity index (χ2n) is 4.23. The Hall–Kier alpha value is -1.85. The van der Waals surface area contributed by atoms with E-state index in [1.54, 1.807) is 12.1 Å². The van der Waals surface area contributed by atoms with Gasteiger partial charge >= 0.3 is 0 Å². The fraction of sp³-hybridized carbons (Fsp3) is 0.231. The molecular weight excluding hydrogens is 266 g/mol. The van der Waals surface area contributed by atoms with Gasteiger partial charge in [0.05, 0.1) is 22.1 Å². The van der Waals surface area contributed by atoms with E-state index in [0.717, 1.165) is 12.0 Å². The van der Waals surface area contributed by atoms with E-state index in [1.165, 1.54) is 6.07 Å². The number of nitrogens with two attached hydrogens (primary N) is 1. The number of benzene rings is 1. The van der Waals surface area contributed by atoms with Crippen LogP contribution in [-0.2, 0) is 13.0 Å². The van der Waals surface area contributed by atoms with Crippen molar-refractivity contribution in [3.8, 4) is 0 Å². The Morgan fingerprint density at radius 2 is 2.16 bits per heavy atom. The van der Waals surface area contributed by atoms with E-state index in [-0.39, 0.29) is 5.69 Å². The number of hydrogen-bond acceptors (Lipinski definition) is 3. The summed E-state index contributed by atoms with van der Waals surface area (Å²) < 4.78 is 1.87. The van der Waals surface area contributed by atoms with E-state index in [1.807, 2.05) is 23.0 Å². The highest BCUT2D eigenvalue weighted by atomic mass is 35.5. The van der Waals surface area contributed by atoms with Gasteiger partial charge in [-0.3, -0.25) is 10.1 Å². The highest BCUT2D eigenvalue weighted by Crippen LogP contribution is 2.27. The second kappa shape index (κ2) is 5.86. The van der Waals surface area contributed by atoms with Crippen molar-refractivity contribution in [2.24, 2.45) is 5.73 Å². The highest BCUT2D eigenvalue weighted by molar-refractivity contribution is 6.31. The summed E-state index contributed by atoms with van der Waals surface area (Å²) in [5.41, 5.74) is 7.16. The number of aromatic nitrogens is 1. The van der Waals surface area contributed by atoms with E-state index in [9.17, 15) is 10.1 Å². The van der Waals surface area contributed by atoms with Crippen LogP contribution in [0.2, 0.25) is 5.02 Å². The lowest BCUT2D eigenvalue weighted by Gasteiger charge is -2.06. The maximum Gasteiger partial charge on any atom is 0.275 e. The Kier molecular flexibility index (Phi) is 4.19. The number of hydrogen-bond donors (Lipinski definition) is 1. The minimum atomic E-state index is -0.411. The SMILES string of the molecule is NCCc1ccn(Cc2c(Cl)cccc2[N+](=O)[O-])c1. The third kappa shape index (κ3) is 3.13. The molecule has 1 aromatic heterocycles. The van der Waals surface area contributed by atoms with Crippen molar-refractivity contribution in [3.63, 3.8) is 0 Å². The average Bonchev–Trinajstić information content (AvgIpc) is 2.79. The molecule has 0 saturated carbocycles. The third-order valence-electron chi connectivity index (χ3n) is 2.88. The van der Waals surface area contributed by atoms with Crippen molar-refractivity contribution in [2.75, 3.05) is 6.54 Å². The van der Waals surface area contributed by atoms with Gasteiger partial charge in [0, 0.05) is 18.5 Å². The van der Waals surface area contributed by atoms with Crippen molar-refractivity contribution in [1.29, 1.82) is 0 Å². The molecule has 0 radical (unpaired) electrons. The molecule has 6 heteroatoms. The average molecular weight is 280 g/mol. The molecule has 2 aromatic rings. The molecule has 100 valence electrons. The summed E-state index contributed by atoms with van der Waals surface area (Å²) in [6, 6.07) is 6.66. The van der Waals surface area contributed by atoms with Gasteiger partial charge in [-0.25, -0.2) is 0 Å². The van der Waals surface area contributed by atoms with E-state index in [4.69, 9.17) is 17.3 Å². The number of nitro benzene ring substituents is 1. The molecule has 2 N–H and O–H groups in total. The number of rotatable bonds is 5. The summed E-state index contributed by atoms with van der Waals surface area (Å²) in [4.78, 5) is 10.6. The maximum atomic E-state index is 11.0. The molecule has 0 fully saturated rings. The Morgan fingerprint density at radius 1 is 1.37 bits per heavy atom. The Bertz CT molecular complexity index is 595. The number of nitrogens with zero attached hydrogens (tertiary/aromatic N) is 2. The van der Waals surface area contributed by atoms with Crippen molar-refractivity contribution in [1.82, 2.24) is 4.57 Å². The number of nitro groups is 1. The van der Waals surface area contributed by atoms with Crippen molar-refractivity contribution in [2.45, 2.75) is 13.0 Å².